The number of benzene rings is 1. The van der Waals surface area contributed by atoms with E-state index in [0.717, 1.165) is 25.7 Å². The topological polar surface area (TPSA) is 117 Å². The molecule has 8 nitrogen and oxygen atoms in total. The minimum Gasteiger partial charge on any atom is -0.480 e. The second-order valence-corrected chi connectivity index (χ2v) is 7.44. The number of aliphatic carboxylic acids is 1. The quantitative estimate of drug-likeness (QED) is 0.718. The van der Waals surface area contributed by atoms with Crippen LogP contribution in [0.15, 0.2) is 24.3 Å². The lowest BCUT2D eigenvalue weighted by Gasteiger charge is -2.32. The second kappa shape index (κ2) is 7.67. The number of rotatable bonds is 5. The van der Waals surface area contributed by atoms with Crippen molar-refractivity contribution in [1.29, 1.82) is 0 Å². The van der Waals surface area contributed by atoms with Gasteiger partial charge in [0.2, 0.25) is 11.9 Å². The zero-order valence-corrected chi connectivity index (χ0v) is 15.4. The van der Waals surface area contributed by atoms with Crippen LogP contribution in [0.2, 0.25) is 0 Å². The molecule has 2 heterocycles. The number of fused-ring (bicyclic) bond motifs is 1. The molecule has 0 bridgehead atoms. The van der Waals surface area contributed by atoms with E-state index in [-0.39, 0.29) is 23.8 Å². The van der Waals surface area contributed by atoms with Crippen molar-refractivity contribution in [3.63, 3.8) is 0 Å². The highest BCUT2D eigenvalue weighted by Crippen LogP contribution is 2.40. The first kappa shape index (κ1) is 18.5. The van der Waals surface area contributed by atoms with E-state index in [4.69, 9.17) is 5.73 Å². The van der Waals surface area contributed by atoms with E-state index in [1.54, 1.807) is 12.1 Å². The summed E-state index contributed by atoms with van der Waals surface area (Å²) in [7, 11) is 0. The van der Waals surface area contributed by atoms with Gasteiger partial charge in [0, 0.05) is 11.7 Å². The molecule has 28 heavy (non-hydrogen) atoms. The van der Waals surface area contributed by atoms with E-state index in [2.05, 4.69) is 20.3 Å². The van der Waals surface area contributed by atoms with E-state index < -0.39 is 12.0 Å². The first-order valence-electron chi connectivity index (χ1n) is 9.51. The third kappa shape index (κ3) is 3.89. The van der Waals surface area contributed by atoms with Crippen LogP contribution >= 0.6 is 0 Å². The van der Waals surface area contributed by atoms with Crippen LogP contribution in [0.4, 0.5) is 22.0 Å². The van der Waals surface area contributed by atoms with E-state index in [1.807, 2.05) is 4.90 Å². The van der Waals surface area contributed by atoms with Crippen molar-refractivity contribution in [3.05, 3.63) is 35.9 Å². The maximum absolute atomic E-state index is 13.1. The highest BCUT2D eigenvalue weighted by atomic mass is 19.1. The molecule has 1 aliphatic heterocycles. The van der Waals surface area contributed by atoms with Crippen molar-refractivity contribution >= 4 is 23.6 Å². The van der Waals surface area contributed by atoms with E-state index in [9.17, 15) is 14.3 Å². The average Bonchev–Trinajstić information content (AvgIpc) is 3.02. The normalized spacial score (nSPS) is 24.7. The van der Waals surface area contributed by atoms with Crippen LogP contribution in [-0.2, 0) is 11.3 Å². The molecule has 1 aromatic heterocycles. The summed E-state index contributed by atoms with van der Waals surface area (Å²) >= 11 is 0. The SMILES string of the molecule is Nc1nc(CN2C(C(=O)O)CC3CCCCC32)nc(Nc2ccc(F)cc2)n1. The van der Waals surface area contributed by atoms with Crippen molar-refractivity contribution in [2.75, 3.05) is 11.1 Å². The Morgan fingerprint density at radius 2 is 1.96 bits per heavy atom. The lowest BCUT2D eigenvalue weighted by atomic mass is 9.85. The Kier molecular flexibility index (Phi) is 5.08. The Morgan fingerprint density at radius 3 is 2.71 bits per heavy atom. The van der Waals surface area contributed by atoms with Crippen LogP contribution in [0, 0.1) is 11.7 Å². The number of halogens is 1. The molecule has 0 radical (unpaired) electrons. The Bertz CT molecular complexity index is 862. The van der Waals surface area contributed by atoms with Crippen molar-refractivity contribution in [2.24, 2.45) is 5.92 Å². The summed E-state index contributed by atoms with van der Waals surface area (Å²) in [4.78, 5) is 26.5. The van der Waals surface area contributed by atoms with Crippen LogP contribution < -0.4 is 11.1 Å². The van der Waals surface area contributed by atoms with Crippen molar-refractivity contribution in [2.45, 2.75) is 50.7 Å². The number of nitrogens with two attached hydrogens (primary N) is 1. The van der Waals surface area contributed by atoms with Gasteiger partial charge in [0.15, 0.2) is 0 Å². The van der Waals surface area contributed by atoms with Gasteiger partial charge < -0.3 is 16.2 Å². The first-order valence-corrected chi connectivity index (χ1v) is 9.51. The lowest BCUT2D eigenvalue weighted by Crippen LogP contribution is -2.42. The standard InChI is InChI=1S/C19H23FN6O2/c20-12-5-7-13(8-6-12)22-19-24-16(23-18(21)25-19)10-26-14-4-2-1-3-11(14)9-15(26)17(27)28/h5-8,11,14-15H,1-4,9-10H2,(H,27,28)(H3,21,22,23,24,25). The molecule has 2 aliphatic rings. The van der Waals surface area contributed by atoms with Crippen molar-refractivity contribution in [1.82, 2.24) is 19.9 Å². The highest BCUT2D eigenvalue weighted by molar-refractivity contribution is 5.74. The summed E-state index contributed by atoms with van der Waals surface area (Å²) in [6, 6.07) is 5.52. The van der Waals surface area contributed by atoms with Gasteiger partial charge in [-0.15, -0.1) is 0 Å². The van der Waals surface area contributed by atoms with Crippen molar-refractivity contribution in [3.8, 4) is 0 Å². The Labute approximate surface area is 162 Å². The fourth-order valence-electron chi connectivity index (χ4n) is 4.41. The number of likely N-dealkylation sites (tertiary alicyclic amines) is 1. The summed E-state index contributed by atoms with van der Waals surface area (Å²) in [5.74, 6) is -0.0000441. The number of hydrogen-bond acceptors (Lipinski definition) is 7. The molecule has 2 aromatic rings. The molecule has 1 saturated heterocycles. The summed E-state index contributed by atoms with van der Waals surface area (Å²) < 4.78 is 13.1. The third-order valence-electron chi connectivity index (χ3n) is 5.63. The number of anilines is 3. The Hall–Kier alpha value is -2.81. The molecule has 0 spiro atoms. The number of carbonyl (C=O) groups is 1. The van der Waals surface area contributed by atoms with Gasteiger partial charge in [-0.3, -0.25) is 9.69 Å². The fourth-order valence-corrected chi connectivity index (χ4v) is 4.41. The molecule has 4 N–H and O–H groups in total. The molecule has 4 rings (SSSR count). The minimum atomic E-state index is -0.805. The smallest absolute Gasteiger partial charge is 0.320 e. The predicted octanol–water partition coefficient (Wildman–Crippen LogP) is 2.55. The van der Waals surface area contributed by atoms with Gasteiger partial charge in [0.05, 0.1) is 6.54 Å². The molecule has 3 unspecified atom stereocenters. The number of nitrogens with one attached hydrogen (secondary N) is 1. The van der Waals surface area contributed by atoms with Gasteiger partial charge in [-0.25, -0.2) is 4.39 Å². The molecule has 1 aliphatic carbocycles. The maximum atomic E-state index is 13.1. The van der Waals surface area contributed by atoms with Crippen molar-refractivity contribution < 1.29 is 14.3 Å². The molecule has 1 saturated carbocycles. The largest absolute Gasteiger partial charge is 0.480 e. The predicted molar refractivity (Wildman–Crippen MR) is 101 cm³/mol. The van der Waals surface area contributed by atoms with Gasteiger partial charge >= 0.3 is 5.97 Å². The number of nitrogens with zero attached hydrogens (tertiary/aromatic N) is 4. The van der Waals surface area contributed by atoms with E-state index >= 15 is 0 Å². The van der Waals surface area contributed by atoms with Gasteiger partial charge in [0.25, 0.3) is 0 Å². The fraction of sp³-hybridized carbons (Fsp3) is 0.474. The number of hydrogen-bond donors (Lipinski definition) is 3. The molecular formula is C19H23FN6O2. The first-order chi connectivity index (χ1) is 13.5. The number of carboxylic acids is 1. The number of carboxylic acid groups (broad SMARTS) is 1. The van der Waals surface area contributed by atoms with Gasteiger partial charge in [0.1, 0.15) is 17.7 Å². The molecule has 0 amide bonds. The molecule has 148 valence electrons. The molecule has 1 aromatic carbocycles. The Morgan fingerprint density at radius 1 is 1.21 bits per heavy atom. The highest BCUT2D eigenvalue weighted by Gasteiger charge is 2.45. The van der Waals surface area contributed by atoms with Gasteiger partial charge in [-0.2, -0.15) is 15.0 Å². The van der Waals surface area contributed by atoms with E-state index in [0.29, 0.717) is 30.4 Å². The van der Waals surface area contributed by atoms with Crippen LogP contribution in [0.25, 0.3) is 0 Å². The average molecular weight is 386 g/mol. The van der Waals surface area contributed by atoms with Crippen LogP contribution in [0.1, 0.15) is 37.9 Å². The van der Waals surface area contributed by atoms with Crippen LogP contribution in [0.5, 0.6) is 0 Å². The van der Waals surface area contributed by atoms with Crippen LogP contribution in [-0.4, -0.2) is 43.0 Å². The summed E-state index contributed by atoms with van der Waals surface area (Å²) in [5, 5.41) is 12.7. The lowest BCUT2D eigenvalue weighted by molar-refractivity contribution is -0.142. The maximum Gasteiger partial charge on any atom is 0.320 e. The van der Waals surface area contributed by atoms with E-state index in [1.165, 1.54) is 12.1 Å². The summed E-state index contributed by atoms with van der Waals surface area (Å²) in [6.07, 6.45) is 5.01. The molecule has 3 atom stereocenters. The number of nitrogen functional groups attached to an aromatic ring is 1. The summed E-state index contributed by atoms with van der Waals surface area (Å²) in [6.45, 7) is 0.308. The zero-order valence-electron chi connectivity index (χ0n) is 15.4. The van der Waals surface area contributed by atoms with Crippen LogP contribution in [0.3, 0.4) is 0 Å². The monoisotopic (exact) mass is 386 g/mol. The third-order valence-corrected chi connectivity index (χ3v) is 5.63. The van der Waals surface area contributed by atoms with Gasteiger partial charge in [-0.1, -0.05) is 12.8 Å². The zero-order chi connectivity index (χ0) is 19.7. The number of aromatic nitrogens is 3. The second-order valence-electron chi connectivity index (χ2n) is 7.44. The van der Waals surface area contributed by atoms with Gasteiger partial charge in [-0.05, 0) is 49.4 Å². The minimum absolute atomic E-state index is 0.0564. The molecule has 2 fully saturated rings. The summed E-state index contributed by atoms with van der Waals surface area (Å²) in [5.41, 5.74) is 6.46. The molecular weight excluding hydrogens is 363 g/mol. The molecule has 9 heteroatoms. The Balaban J connectivity index is 1.55.